The van der Waals surface area contributed by atoms with Gasteiger partial charge in [0.25, 0.3) is 0 Å². The molecule has 0 atom stereocenters. The van der Waals surface area contributed by atoms with Gasteiger partial charge in [-0.25, -0.2) is 4.79 Å². The van der Waals surface area contributed by atoms with Crippen molar-refractivity contribution in [2.75, 3.05) is 6.54 Å². The van der Waals surface area contributed by atoms with Gasteiger partial charge in [-0.15, -0.1) is 0 Å². The van der Waals surface area contributed by atoms with Crippen molar-refractivity contribution < 1.29 is 9.90 Å². The minimum absolute atomic E-state index is 0.376. The highest BCUT2D eigenvalue weighted by Gasteiger charge is 2.07. The van der Waals surface area contributed by atoms with Crippen molar-refractivity contribution in [1.82, 2.24) is 5.32 Å². The van der Waals surface area contributed by atoms with Gasteiger partial charge >= 0.3 is 5.97 Å². The van der Waals surface area contributed by atoms with Gasteiger partial charge in [0.15, 0.2) is 0 Å². The third-order valence-electron chi connectivity index (χ3n) is 2.29. The largest absolute Gasteiger partial charge is 0.478 e. The molecular weight excluding hydrogens is 202 g/mol. The molecular formula is C13H17NO2. The number of nitrogens with one attached hydrogen (secondary N) is 1. The van der Waals surface area contributed by atoms with Crippen molar-refractivity contribution in [2.24, 2.45) is 0 Å². The van der Waals surface area contributed by atoms with Crippen molar-refractivity contribution in [2.45, 2.75) is 19.9 Å². The van der Waals surface area contributed by atoms with Crippen LogP contribution in [0.5, 0.6) is 0 Å². The topological polar surface area (TPSA) is 49.3 Å². The molecule has 16 heavy (non-hydrogen) atoms. The molecule has 1 aromatic carbocycles. The Morgan fingerprint density at radius 3 is 2.88 bits per heavy atom. The smallest absolute Gasteiger partial charge is 0.336 e. The van der Waals surface area contributed by atoms with Gasteiger partial charge in [-0.3, -0.25) is 0 Å². The quantitative estimate of drug-likeness (QED) is 0.570. The third-order valence-corrected chi connectivity index (χ3v) is 2.29. The molecule has 0 spiro atoms. The van der Waals surface area contributed by atoms with Crippen LogP contribution in [0.25, 0.3) is 0 Å². The van der Waals surface area contributed by atoms with E-state index in [1.165, 1.54) is 0 Å². The first-order chi connectivity index (χ1) is 7.75. The van der Waals surface area contributed by atoms with E-state index in [1.807, 2.05) is 25.1 Å². The maximum Gasteiger partial charge on any atom is 0.336 e. The Hall–Kier alpha value is -1.61. The summed E-state index contributed by atoms with van der Waals surface area (Å²) in [4.78, 5) is 10.9. The second kappa shape index (κ2) is 6.80. The summed E-state index contributed by atoms with van der Waals surface area (Å²) < 4.78 is 0. The van der Waals surface area contributed by atoms with E-state index in [9.17, 15) is 4.79 Å². The van der Waals surface area contributed by atoms with Gasteiger partial charge in [-0.2, -0.15) is 0 Å². The van der Waals surface area contributed by atoms with Crippen molar-refractivity contribution in [1.29, 1.82) is 0 Å². The predicted octanol–water partition coefficient (Wildman–Crippen LogP) is 2.44. The summed E-state index contributed by atoms with van der Waals surface area (Å²) in [7, 11) is 0. The highest BCUT2D eigenvalue weighted by Crippen LogP contribution is 2.08. The fourth-order valence-corrected chi connectivity index (χ4v) is 1.46. The van der Waals surface area contributed by atoms with Crippen molar-refractivity contribution in [3.63, 3.8) is 0 Å². The van der Waals surface area contributed by atoms with E-state index in [4.69, 9.17) is 5.11 Å². The van der Waals surface area contributed by atoms with E-state index in [-0.39, 0.29) is 0 Å². The number of allylic oxidation sites excluding steroid dienone is 1. The molecule has 0 fully saturated rings. The molecule has 2 N–H and O–H groups in total. The standard InChI is InChI=1S/C13H17NO2/c1-2-3-6-9-14-10-11-7-4-5-8-12(11)13(15)16/h2-5,7-8,14H,6,9-10H2,1H3,(H,15,16)/b3-2+. The van der Waals surface area contributed by atoms with Gasteiger partial charge in [0.05, 0.1) is 5.56 Å². The van der Waals surface area contributed by atoms with E-state index < -0.39 is 5.97 Å². The van der Waals surface area contributed by atoms with Crippen LogP contribution < -0.4 is 5.32 Å². The summed E-state index contributed by atoms with van der Waals surface area (Å²) in [5.41, 5.74) is 1.21. The molecule has 0 aliphatic heterocycles. The lowest BCUT2D eigenvalue weighted by atomic mass is 10.1. The zero-order valence-corrected chi connectivity index (χ0v) is 9.44. The Kier molecular flexibility index (Phi) is 5.29. The molecule has 0 saturated carbocycles. The average molecular weight is 219 g/mol. The van der Waals surface area contributed by atoms with Gasteiger partial charge in [0.1, 0.15) is 0 Å². The summed E-state index contributed by atoms with van der Waals surface area (Å²) in [5.74, 6) is -0.870. The van der Waals surface area contributed by atoms with Crippen LogP contribution in [-0.4, -0.2) is 17.6 Å². The molecule has 0 aliphatic carbocycles. The molecule has 3 heteroatoms. The van der Waals surface area contributed by atoms with Crippen LogP contribution in [0.15, 0.2) is 36.4 Å². The molecule has 0 aromatic heterocycles. The molecule has 0 heterocycles. The van der Waals surface area contributed by atoms with Crippen LogP contribution in [-0.2, 0) is 6.54 Å². The lowest BCUT2D eigenvalue weighted by Crippen LogP contribution is -2.16. The van der Waals surface area contributed by atoms with E-state index in [1.54, 1.807) is 12.1 Å². The number of hydrogen-bond donors (Lipinski definition) is 2. The SMILES string of the molecule is C/C=C/CCNCc1ccccc1C(=O)O. The normalized spacial score (nSPS) is 10.8. The van der Waals surface area contributed by atoms with Gasteiger partial charge in [-0.1, -0.05) is 30.4 Å². The Morgan fingerprint density at radius 1 is 1.44 bits per heavy atom. The van der Waals surface area contributed by atoms with Crippen LogP contribution >= 0.6 is 0 Å². The first kappa shape index (κ1) is 12.5. The van der Waals surface area contributed by atoms with Gasteiger partial charge in [0, 0.05) is 6.54 Å². The zero-order chi connectivity index (χ0) is 11.8. The second-order valence-corrected chi connectivity index (χ2v) is 3.50. The molecule has 0 aliphatic rings. The molecule has 0 unspecified atom stereocenters. The number of hydrogen-bond acceptors (Lipinski definition) is 2. The molecule has 86 valence electrons. The van der Waals surface area contributed by atoms with Gasteiger partial charge in [-0.05, 0) is 31.5 Å². The molecule has 0 amide bonds. The lowest BCUT2D eigenvalue weighted by molar-refractivity contribution is 0.0695. The summed E-state index contributed by atoms with van der Waals surface area (Å²) in [5, 5.41) is 12.2. The zero-order valence-electron chi connectivity index (χ0n) is 9.44. The molecule has 0 saturated heterocycles. The maximum atomic E-state index is 10.9. The van der Waals surface area contributed by atoms with E-state index in [0.717, 1.165) is 18.5 Å². The highest BCUT2D eigenvalue weighted by atomic mass is 16.4. The van der Waals surface area contributed by atoms with Gasteiger partial charge < -0.3 is 10.4 Å². The third kappa shape index (κ3) is 3.87. The van der Waals surface area contributed by atoms with Gasteiger partial charge in [0.2, 0.25) is 0 Å². The lowest BCUT2D eigenvalue weighted by Gasteiger charge is -2.06. The van der Waals surface area contributed by atoms with Crippen molar-refractivity contribution in [3.05, 3.63) is 47.5 Å². The first-order valence-electron chi connectivity index (χ1n) is 5.38. The Bertz CT molecular complexity index is 372. The van der Waals surface area contributed by atoms with Crippen LogP contribution in [0.4, 0.5) is 0 Å². The number of carboxylic acids is 1. The van der Waals surface area contributed by atoms with Crippen molar-refractivity contribution >= 4 is 5.97 Å². The molecule has 1 aromatic rings. The monoisotopic (exact) mass is 219 g/mol. The van der Waals surface area contributed by atoms with Crippen LogP contribution in [0.1, 0.15) is 29.3 Å². The molecule has 1 rings (SSSR count). The minimum atomic E-state index is -0.870. The summed E-state index contributed by atoms with van der Waals surface area (Å²) in [6.45, 7) is 3.44. The predicted molar refractivity (Wildman–Crippen MR) is 64.5 cm³/mol. The number of rotatable bonds is 6. The fourth-order valence-electron chi connectivity index (χ4n) is 1.46. The van der Waals surface area contributed by atoms with Crippen molar-refractivity contribution in [3.8, 4) is 0 Å². The van der Waals surface area contributed by atoms with Crippen LogP contribution in [0, 0.1) is 0 Å². The molecule has 3 nitrogen and oxygen atoms in total. The summed E-state index contributed by atoms with van der Waals surface area (Å²) >= 11 is 0. The Balaban J connectivity index is 2.50. The van der Waals surface area contributed by atoms with E-state index in [0.29, 0.717) is 12.1 Å². The number of aromatic carboxylic acids is 1. The number of carbonyl (C=O) groups is 1. The highest BCUT2D eigenvalue weighted by molar-refractivity contribution is 5.89. The Morgan fingerprint density at radius 2 is 2.19 bits per heavy atom. The van der Waals surface area contributed by atoms with E-state index in [2.05, 4.69) is 11.4 Å². The summed E-state index contributed by atoms with van der Waals surface area (Å²) in [6.07, 6.45) is 5.05. The first-order valence-corrected chi connectivity index (χ1v) is 5.38. The molecule has 0 radical (unpaired) electrons. The fraction of sp³-hybridized carbons (Fsp3) is 0.308. The Labute approximate surface area is 95.8 Å². The molecule has 0 bridgehead atoms. The van der Waals surface area contributed by atoms with Crippen LogP contribution in [0.2, 0.25) is 0 Å². The second-order valence-electron chi connectivity index (χ2n) is 3.50. The maximum absolute atomic E-state index is 10.9. The average Bonchev–Trinajstić information content (AvgIpc) is 2.29. The number of carboxylic acid groups (broad SMARTS) is 1. The van der Waals surface area contributed by atoms with Crippen LogP contribution in [0.3, 0.4) is 0 Å². The minimum Gasteiger partial charge on any atom is -0.478 e. The summed E-state index contributed by atoms with van der Waals surface area (Å²) in [6, 6.07) is 7.07. The number of benzene rings is 1. The van der Waals surface area contributed by atoms with E-state index >= 15 is 0 Å².